The number of aryl methyl sites for hydroxylation is 1. The predicted octanol–water partition coefficient (Wildman–Crippen LogP) is 0.998. The molecule has 7 heteroatoms. The van der Waals surface area contributed by atoms with Gasteiger partial charge in [0.25, 0.3) is 5.91 Å². The summed E-state index contributed by atoms with van der Waals surface area (Å²) in [6.45, 7) is 4.78. The molecule has 0 bridgehead atoms. The zero-order valence-corrected chi connectivity index (χ0v) is 12.3. The molecule has 1 amide bonds. The Morgan fingerprint density at radius 3 is 2.90 bits per heavy atom. The average molecular weight is 297 g/mol. The number of hydrogen-bond acceptors (Lipinski definition) is 5. The number of rotatable bonds is 2. The van der Waals surface area contributed by atoms with E-state index >= 15 is 0 Å². The first-order valence-electron chi connectivity index (χ1n) is 6.87. The van der Waals surface area contributed by atoms with Gasteiger partial charge in [0.1, 0.15) is 11.7 Å². The number of anilines is 2. The number of aromatic nitrogens is 2. The van der Waals surface area contributed by atoms with E-state index in [9.17, 15) is 9.90 Å². The molecule has 1 aromatic heterocycles. The van der Waals surface area contributed by atoms with Crippen LogP contribution in [0, 0.1) is 0 Å². The van der Waals surface area contributed by atoms with Gasteiger partial charge in [0, 0.05) is 13.1 Å². The average Bonchev–Trinajstić information content (AvgIpc) is 2.41. The maximum Gasteiger partial charge on any atom is 0.252 e. The van der Waals surface area contributed by atoms with Crippen LogP contribution in [-0.2, 0) is 11.2 Å². The Bertz CT molecular complexity index is 564. The SMILES string of the molecule is CCN1c2nc(Cl)nc3c2N(CCC3)C(=O)[C@@H]1[C@H](C)O. The predicted molar refractivity (Wildman–Crippen MR) is 76.2 cm³/mol. The molecule has 0 aromatic carbocycles. The molecule has 2 aliphatic rings. The molecule has 108 valence electrons. The molecule has 20 heavy (non-hydrogen) atoms. The van der Waals surface area contributed by atoms with Crippen LogP contribution in [0.1, 0.15) is 26.0 Å². The molecule has 0 spiro atoms. The van der Waals surface area contributed by atoms with Crippen LogP contribution in [0.4, 0.5) is 11.5 Å². The second-order valence-corrected chi connectivity index (χ2v) is 5.51. The van der Waals surface area contributed by atoms with Crippen molar-refractivity contribution in [2.45, 2.75) is 38.8 Å². The van der Waals surface area contributed by atoms with Crippen LogP contribution in [0.2, 0.25) is 5.28 Å². The van der Waals surface area contributed by atoms with Crippen molar-refractivity contribution >= 4 is 29.0 Å². The third-order valence-electron chi connectivity index (χ3n) is 3.90. The lowest BCUT2D eigenvalue weighted by Gasteiger charge is -2.44. The molecule has 0 radical (unpaired) electrons. The minimum Gasteiger partial charge on any atom is -0.391 e. The van der Waals surface area contributed by atoms with E-state index in [2.05, 4.69) is 9.97 Å². The Hall–Kier alpha value is -1.40. The lowest BCUT2D eigenvalue weighted by Crippen LogP contribution is -2.59. The largest absolute Gasteiger partial charge is 0.391 e. The van der Waals surface area contributed by atoms with E-state index in [4.69, 9.17) is 11.6 Å². The minimum atomic E-state index is -0.769. The second-order valence-electron chi connectivity index (χ2n) is 5.18. The number of aliphatic hydroxyl groups excluding tert-OH is 1. The highest BCUT2D eigenvalue weighted by atomic mass is 35.5. The van der Waals surface area contributed by atoms with Gasteiger partial charge in [0.2, 0.25) is 5.28 Å². The van der Waals surface area contributed by atoms with Crippen molar-refractivity contribution in [3.8, 4) is 0 Å². The summed E-state index contributed by atoms with van der Waals surface area (Å²) in [4.78, 5) is 24.7. The van der Waals surface area contributed by atoms with Gasteiger partial charge in [-0.3, -0.25) is 4.79 Å². The lowest BCUT2D eigenvalue weighted by molar-refractivity contribution is -0.122. The molecule has 0 unspecified atom stereocenters. The van der Waals surface area contributed by atoms with Crippen molar-refractivity contribution in [1.82, 2.24) is 9.97 Å². The highest BCUT2D eigenvalue weighted by molar-refractivity contribution is 6.28. The third kappa shape index (κ3) is 1.86. The highest BCUT2D eigenvalue weighted by Crippen LogP contribution is 2.40. The van der Waals surface area contributed by atoms with Crippen LogP contribution in [0.5, 0.6) is 0 Å². The molecular formula is C13H17ClN4O2. The Balaban J connectivity index is 2.22. The smallest absolute Gasteiger partial charge is 0.252 e. The van der Waals surface area contributed by atoms with Crippen LogP contribution < -0.4 is 9.80 Å². The van der Waals surface area contributed by atoms with Crippen molar-refractivity contribution in [3.05, 3.63) is 11.0 Å². The van der Waals surface area contributed by atoms with Gasteiger partial charge in [-0.1, -0.05) is 0 Å². The minimum absolute atomic E-state index is 0.0822. The first-order chi connectivity index (χ1) is 9.54. The molecule has 0 saturated carbocycles. The van der Waals surface area contributed by atoms with Crippen molar-refractivity contribution in [2.24, 2.45) is 0 Å². The summed E-state index contributed by atoms with van der Waals surface area (Å²) in [5, 5.41) is 10.2. The van der Waals surface area contributed by atoms with Crippen molar-refractivity contribution < 1.29 is 9.90 Å². The molecule has 0 saturated heterocycles. The van der Waals surface area contributed by atoms with E-state index in [1.807, 2.05) is 11.8 Å². The first kappa shape index (κ1) is 13.6. The van der Waals surface area contributed by atoms with Crippen LogP contribution in [0.25, 0.3) is 0 Å². The number of aliphatic hydroxyl groups is 1. The van der Waals surface area contributed by atoms with Gasteiger partial charge in [0.05, 0.1) is 11.8 Å². The van der Waals surface area contributed by atoms with Crippen LogP contribution in [0.3, 0.4) is 0 Å². The maximum atomic E-state index is 12.6. The van der Waals surface area contributed by atoms with Gasteiger partial charge < -0.3 is 14.9 Å². The van der Waals surface area contributed by atoms with Crippen LogP contribution in [0.15, 0.2) is 0 Å². The second kappa shape index (κ2) is 4.86. The zero-order chi connectivity index (χ0) is 14.4. The van der Waals surface area contributed by atoms with E-state index in [-0.39, 0.29) is 11.2 Å². The van der Waals surface area contributed by atoms with Gasteiger partial charge in [0.15, 0.2) is 5.82 Å². The molecule has 1 aromatic rings. The number of carbonyl (C=O) groups excluding carboxylic acids is 1. The summed E-state index contributed by atoms with van der Waals surface area (Å²) in [7, 11) is 0. The molecule has 2 atom stereocenters. The lowest BCUT2D eigenvalue weighted by atomic mass is 9.99. The Kier molecular flexibility index (Phi) is 3.30. The van der Waals surface area contributed by atoms with E-state index in [1.165, 1.54) is 0 Å². The standard InChI is InChI=1S/C13H17ClN4O2/c1-3-17-9(7(2)19)12(20)18-6-4-5-8-10(18)11(17)16-13(14)15-8/h7,9,19H,3-6H2,1-2H3/t7-,9-/m0/s1. The van der Waals surface area contributed by atoms with E-state index < -0.39 is 12.1 Å². The monoisotopic (exact) mass is 296 g/mol. The fraction of sp³-hybridized carbons (Fsp3) is 0.615. The third-order valence-corrected chi connectivity index (χ3v) is 4.07. The highest BCUT2D eigenvalue weighted by Gasteiger charge is 2.43. The van der Waals surface area contributed by atoms with E-state index in [0.29, 0.717) is 18.9 Å². The summed E-state index contributed by atoms with van der Waals surface area (Å²) in [5.41, 5.74) is 1.59. The summed E-state index contributed by atoms with van der Waals surface area (Å²) in [6.07, 6.45) is 0.879. The Labute approximate surface area is 122 Å². The quantitative estimate of drug-likeness (QED) is 0.825. The molecule has 3 rings (SSSR count). The van der Waals surface area contributed by atoms with Gasteiger partial charge in [-0.15, -0.1) is 0 Å². The van der Waals surface area contributed by atoms with E-state index in [1.54, 1.807) is 11.8 Å². The van der Waals surface area contributed by atoms with Gasteiger partial charge >= 0.3 is 0 Å². The molecular weight excluding hydrogens is 280 g/mol. The summed E-state index contributed by atoms with van der Waals surface area (Å²) in [5.74, 6) is 0.578. The zero-order valence-electron chi connectivity index (χ0n) is 11.5. The molecule has 0 fully saturated rings. The fourth-order valence-electron chi connectivity index (χ4n) is 3.08. The van der Waals surface area contributed by atoms with Gasteiger partial charge in [-0.25, -0.2) is 4.98 Å². The summed E-state index contributed by atoms with van der Waals surface area (Å²) < 4.78 is 0. The fourth-order valence-corrected chi connectivity index (χ4v) is 3.27. The van der Waals surface area contributed by atoms with Crippen LogP contribution >= 0.6 is 11.6 Å². The summed E-state index contributed by atoms with van der Waals surface area (Å²) >= 11 is 6.00. The van der Waals surface area contributed by atoms with E-state index in [0.717, 1.165) is 24.2 Å². The van der Waals surface area contributed by atoms with Gasteiger partial charge in [-0.05, 0) is 38.3 Å². The number of halogens is 1. The number of likely N-dealkylation sites (N-methyl/N-ethyl adjacent to an activating group) is 1. The molecule has 2 aliphatic heterocycles. The molecule has 3 heterocycles. The number of hydrogen-bond donors (Lipinski definition) is 1. The van der Waals surface area contributed by atoms with Gasteiger partial charge in [-0.2, -0.15) is 4.98 Å². The van der Waals surface area contributed by atoms with Crippen molar-refractivity contribution in [2.75, 3.05) is 22.9 Å². The molecule has 1 N–H and O–H groups in total. The summed E-state index contributed by atoms with van der Waals surface area (Å²) in [6, 6.07) is -0.607. The first-order valence-corrected chi connectivity index (χ1v) is 7.25. The van der Waals surface area contributed by atoms with Crippen LogP contribution in [-0.4, -0.2) is 46.2 Å². The number of nitrogens with zero attached hydrogens (tertiary/aromatic N) is 4. The normalized spacial score (nSPS) is 22.8. The van der Waals surface area contributed by atoms with Crippen molar-refractivity contribution in [1.29, 1.82) is 0 Å². The molecule has 0 aliphatic carbocycles. The molecule has 6 nitrogen and oxygen atoms in total. The topological polar surface area (TPSA) is 69.6 Å². The Morgan fingerprint density at radius 2 is 2.25 bits per heavy atom. The Morgan fingerprint density at radius 1 is 1.50 bits per heavy atom. The van der Waals surface area contributed by atoms with Crippen molar-refractivity contribution in [3.63, 3.8) is 0 Å². The maximum absolute atomic E-state index is 12.6. The number of amides is 1. The number of carbonyl (C=O) groups is 1.